The minimum Gasteiger partial charge on any atom is -0.493 e. The number of hydrogen-bond acceptors (Lipinski definition) is 3. The van der Waals surface area contributed by atoms with Crippen molar-refractivity contribution < 1.29 is 4.74 Å². The maximum absolute atomic E-state index is 8.54. The van der Waals surface area contributed by atoms with Gasteiger partial charge in [-0.25, -0.2) is 0 Å². The molecule has 0 fully saturated rings. The number of ether oxygens (including phenoxy) is 1. The van der Waals surface area contributed by atoms with Gasteiger partial charge in [0, 0.05) is 6.42 Å². The van der Waals surface area contributed by atoms with E-state index in [1.165, 1.54) is 11.1 Å². The highest BCUT2D eigenvalue weighted by Gasteiger charge is 2.04. The van der Waals surface area contributed by atoms with E-state index < -0.39 is 6.04 Å². The SMILES string of the molecule is Cc1cc(C)c(OCCC(N)C#N)cc1C. The molecule has 0 aromatic heterocycles. The molecule has 16 heavy (non-hydrogen) atoms. The van der Waals surface area contributed by atoms with Crippen LogP contribution in [0.2, 0.25) is 0 Å². The van der Waals surface area contributed by atoms with Crippen LogP contribution in [0.4, 0.5) is 0 Å². The molecule has 3 heteroatoms. The summed E-state index contributed by atoms with van der Waals surface area (Å²) in [6.07, 6.45) is 0.558. The van der Waals surface area contributed by atoms with Crippen LogP contribution in [-0.4, -0.2) is 12.6 Å². The highest BCUT2D eigenvalue weighted by molar-refractivity contribution is 5.40. The van der Waals surface area contributed by atoms with Crippen molar-refractivity contribution in [3.63, 3.8) is 0 Å². The quantitative estimate of drug-likeness (QED) is 0.843. The molecule has 86 valence electrons. The minimum atomic E-state index is -0.438. The molecule has 1 aromatic carbocycles. The molecule has 1 unspecified atom stereocenters. The lowest BCUT2D eigenvalue weighted by Gasteiger charge is -2.12. The Kier molecular flexibility index (Phi) is 4.33. The molecule has 0 radical (unpaired) electrons. The Balaban J connectivity index is 2.61. The first-order valence-corrected chi connectivity index (χ1v) is 5.40. The van der Waals surface area contributed by atoms with E-state index in [1.54, 1.807) is 0 Å². The average Bonchev–Trinajstić information content (AvgIpc) is 2.25. The van der Waals surface area contributed by atoms with E-state index in [9.17, 15) is 0 Å². The van der Waals surface area contributed by atoms with Crippen LogP contribution < -0.4 is 10.5 Å². The van der Waals surface area contributed by atoms with Gasteiger partial charge in [0.1, 0.15) is 5.75 Å². The largest absolute Gasteiger partial charge is 0.493 e. The Hall–Kier alpha value is -1.53. The van der Waals surface area contributed by atoms with E-state index in [0.717, 1.165) is 11.3 Å². The Morgan fingerprint density at radius 3 is 2.50 bits per heavy atom. The molecule has 0 amide bonds. The van der Waals surface area contributed by atoms with Gasteiger partial charge in [-0.3, -0.25) is 0 Å². The molecule has 0 heterocycles. The van der Waals surface area contributed by atoms with Crippen LogP contribution in [0.25, 0.3) is 0 Å². The number of rotatable bonds is 4. The molecule has 0 spiro atoms. The van der Waals surface area contributed by atoms with Crippen LogP contribution in [0, 0.1) is 32.1 Å². The van der Waals surface area contributed by atoms with E-state index in [-0.39, 0.29) is 0 Å². The number of nitrogens with two attached hydrogens (primary N) is 1. The van der Waals surface area contributed by atoms with Gasteiger partial charge < -0.3 is 10.5 Å². The van der Waals surface area contributed by atoms with Crippen molar-refractivity contribution in [2.75, 3.05) is 6.61 Å². The van der Waals surface area contributed by atoms with Crippen LogP contribution in [0.3, 0.4) is 0 Å². The van der Waals surface area contributed by atoms with Crippen LogP contribution in [0.15, 0.2) is 12.1 Å². The van der Waals surface area contributed by atoms with Gasteiger partial charge in [0.05, 0.1) is 18.7 Å². The van der Waals surface area contributed by atoms with Gasteiger partial charge in [-0.05, 0) is 43.5 Å². The third-order valence-corrected chi connectivity index (χ3v) is 2.64. The second-order valence-corrected chi connectivity index (χ2v) is 4.07. The topological polar surface area (TPSA) is 59.0 Å². The molecule has 1 rings (SSSR count). The first-order valence-electron chi connectivity index (χ1n) is 5.40. The highest BCUT2D eigenvalue weighted by atomic mass is 16.5. The summed E-state index contributed by atoms with van der Waals surface area (Å²) in [5.74, 6) is 0.883. The van der Waals surface area contributed by atoms with Gasteiger partial charge in [0.25, 0.3) is 0 Å². The van der Waals surface area contributed by atoms with Crippen LogP contribution in [0.5, 0.6) is 5.75 Å². The minimum absolute atomic E-state index is 0.438. The Morgan fingerprint density at radius 2 is 1.88 bits per heavy atom. The van der Waals surface area contributed by atoms with E-state index in [0.29, 0.717) is 13.0 Å². The molecule has 2 N–H and O–H groups in total. The van der Waals surface area contributed by atoms with Gasteiger partial charge in [0.15, 0.2) is 0 Å². The first kappa shape index (κ1) is 12.5. The zero-order chi connectivity index (χ0) is 12.1. The van der Waals surface area contributed by atoms with E-state index >= 15 is 0 Å². The summed E-state index contributed by atoms with van der Waals surface area (Å²) in [5.41, 5.74) is 9.08. The van der Waals surface area contributed by atoms with Gasteiger partial charge in [0.2, 0.25) is 0 Å². The van der Waals surface area contributed by atoms with Crippen molar-refractivity contribution in [1.29, 1.82) is 5.26 Å². The van der Waals surface area contributed by atoms with Crippen LogP contribution >= 0.6 is 0 Å². The maximum atomic E-state index is 8.54. The number of aryl methyl sites for hydroxylation is 3. The second kappa shape index (κ2) is 5.53. The van der Waals surface area contributed by atoms with E-state index in [1.807, 2.05) is 19.1 Å². The standard InChI is InChI=1S/C13H18N2O/c1-9-6-11(3)13(7-10(9)2)16-5-4-12(15)8-14/h6-7,12H,4-5,15H2,1-3H3. The molecule has 1 aromatic rings. The number of hydrogen-bond donors (Lipinski definition) is 1. The monoisotopic (exact) mass is 218 g/mol. The van der Waals surface area contributed by atoms with Crippen LogP contribution in [0.1, 0.15) is 23.1 Å². The highest BCUT2D eigenvalue weighted by Crippen LogP contribution is 2.22. The Bertz CT molecular complexity index is 407. The summed E-state index contributed by atoms with van der Waals surface area (Å²) in [7, 11) is 0. The summed E-state index contributed by atoms with van der Waals surface area (Å²) in [4.78, 5) is 0. The molecule has 0 aliphatic heterocycles. The molecule has 0 bridgehead atoms. The lowest BCUT2D eigenvalue weighted by atomic mass is 10.1. The van der Waals surface area contributed by atoms with Gasteiger partial charge >= 0.3 is 0 Å². The van der Waals surface area contributed by atoms with Gasteiger partial charge in [-0.15, -0.1) is 0 Å². The lowest BCUT2D eigenvalue weighted by Crippen LogP contribution is -2.20. The third kappa shape index (κ3) is 3.25. The summed E-state index contributed by atoms with van der Waals surface area (Å²) in [6, 6.07) is 5.68. The predicted molar refractivity (Wildman–Crippen MR) is 64.4 cm³/mol. The maximum Gasteiger partial charge on any atom is 0.122 e. The number of benzene rings is 1. The van der Waals surface area contributed by atoms with Crippen LogP contribution in [-0.2, 0) is 0 Å². The second-order valence-electron chi connectivity index (χ2n) is 4.07. The molecule has 1 atom stereocenters. The smallest absolute Gasteiger partial charge is 0.122 e. The fourth-order valence-electron chi connectivity index (χ4n) is 1.45. The van der Waals surface area contributed by atoms with E-state index in [2.05, 4.69) is 19.9 Å². The number of nitriles is 1. The van der Waals surface area contributed by atoms with Crippen molar-refractivity contribution in [2.45, 2.75) is 33.2 Å². The molecular formula is C13H18N2O. The zero-order valence-electron chi connectivity index (χ0n) is 10.1. The molecule has 0 aliphatic carbocycles. The third-order valence-electron chi connectivity index (χ3n) is 2.64. The molecule has 0 aliphatic rings. The molecule has 0 saturated heterocycles. The van der Waals surface area contributed by atoms with Crippen molar-refractivity contribution >= 4 is 0 Å². The summed E-state index contributed by atoms with van der Waals surface area (Å²) in [6.45, 7) is 6.64. The fourth-order valence-corrected chi connectivity index (χ4v) is 1.45. The van der Waals surface area contributed by atoms with Crippen molar-refractivity contribution in [2.24, 2.45) is 5.73 Å². The average molecular weight is 218 g/mol. The molecule has 3 nitrogen and oxygen atoms in total. The predicted octanol–water partition coefficient (Wildman–Crippen LogP) is 2.23. The zero-order valence-corrected chi connectivity index (χ0v) is 10.1. The molecular weight excluding hydrogens is 200 g/mol. The summed E-state index contributed by atoms with van der Waals surface area (Å²) in [5, 5.41) is 8.54. The van der Waals surface area contributed by atoms with Crippen molar-refractivity contribution in [3.8, 4) is 11.8 Å². The normalized spacial score (nSPS) is 11.9. The van der Waals surface area contributed by atoms with Crippen molar-refractivity contribution in [1.82, 2.24) is 0 Å². The first-order chi connectivity index (χ1) is 7.54. The molecule has 0 saturated carbocycles. The number of nitrogens with zero attached hydrogens (tertiary/aromatic N) is 1. The Morgan fingerprint density at radius 1 is 1.25 bits per heavy atom. The lowest BCUT2D eigenvalue weighted by molar-refractivity contribution is 0.304. The summed E-state index contributed by atoms with van der Waals surface area (Å²) < 4.78 is 5.61. The Labute approximate surface area is 96.8 Å². The van der Waals surface area contributed by atoms with Crippen molar-refractivity contribution in [3.05, 3.63) is 28.8 Å². The van der Waals surface area contributed by atoms with Gasteiger partial charge in [-0.1, -0.05) is 6.07 Å². The summed E-state index contributed by atoms with van der Waals surface area (Å²) >= 11 is 0. The van der Waals surface area contributed by atoms with E-state index in [4.69, 9.17) is 15.7 Å². The fraction of sp³-hybridized carbons (Fsp3) is 0.462. The van der Waals surface area contributed by atoms with Gasteiger partial charge in [-0.2, -0.15) is 5.26 Å².